The zero-order valence-corrected chi connectivity index (χ0v) is 9.18. The Kier molecular flexibility index (Phi) is 3.05. The van der Waals surface area contributed by atoms with E-state index in [1.807, 2.05) is 19.1 Å². The zero-order chi connectivity index (χ0) is 11.5. The van der Waals surface area contributed by atoms with Gasteiger partial charge in [-0.1, -0.05) is 12.2 Å². The van der Waals surface area contributed by atoms with Gasteiger partial charge < -0.3 is 16.0 Å². The van der Waals surface area contributed by atoms with Crippen LogP contribution in [-0.2, 0) is 4.79 Å². The summed E-state index contributed by atoms with van der Waals surface area (Å²) >= 11 is 0. The molecule has 1 aliphatic rings. The molecule has 5 heteroatoms. The number of hydrogen-bond acceptors (Lipinski definition) is 3. The number of imidazole rings is 1. The minimum atomic E-state index is -0.104. The van der Waals surface area contributed by atoms with Crippen LogP contribution in [-0.4, -0.2) is 21.9 Å². The fourth-order valence-corrected chi connectivity index (χ4v) is 1.82. The van der Waals surface area contributed by atoms with Crippen molar-refractivity contribution < 1.29 is 4.79 Å². The number of hydrogen-bond donors (Lipinski definition) is 3. The van der Waals surface area contributed by atoms with Crippen molar-refractivity contribution in [3.8, 4) is 0 Å². The van der Waals surface area contributed by atoms with E-state index >= 15 is 0 Å². The molecule has 16 heavy (non-hydrogen) atoms. The Morgan fingerprint density at radius 2 is 2.50 bits per heavy atom. The fourth-order valence-electron chi connectivity index (χ4n) is 1.82. The molecule has 1 amide bonds. The Morgan fingerprint density at radius 3 is 3.06 bits per heavy atom. The highest BCUT2D eigenvalue weighted by Gasteiger charge is 2.24. The third kappa shape index (κ3) is 2.30. The first-order chi connectivity index (χ1) is 7.66. The zero-order valence-electron chi connectivity index (χ0n) is 9.18. The first-order valence-corrected chi connectivity index (χ1v) is 5.40. The van der Waals surface area contributed by atoms with Crippen LogP contribution in [0, 0.1) is 5.92 Å². The number of carbonyl (C=O) groups excluding carboxylic acids is 1. The summed E-state index contributed by atoms with van der Waals surface area (Å²) < 4.78 is 0. The molecule has 0 radical (unpaired) electrons. The van der Waals surface area contributed by atoms with Crippen LogP contribution in [0.3, 0.4) is 0 Å². The molecule has 86 valence electrons. The Balaban J connectivity index is 1.90. The van der Waals surface area contributed by atoms with Crippen molar-refractivity contribution in [1.82, 2.24) is 15.3 Å². The van der Waals surface area contributed by atoms with Crippen LogP contribution in [0.2, 0.25) is 0 Å². The third-order valence-corrected chi connectivity index (χ3v) is 2.74. The van der Waals surface area contributed by atoms with Crippen LogP contribution in [0.1, 0.15) is 25.2 Å². The number of aromatic amines is 1. The molecular weight excluding hydrogens is 204 g/mol. The van der Waals surface area contributed by atoms with E-state index in [4.69, 9.17) is 5.73 Å². The van der Waals surface area contributed by atoms with E-state index in [9.17, 15) is 4.79 Å². The highest BCUT2D eigenvalue weighted by Crippen LogP contribution is 2.17. The third-order valence-electron chi connectivity index (χ3n) is 2.74. The molecule has 5 nitrogen and oxygen atoms in total. The molecule has 1 heterocycles. The number of nitrogens with one attached hydrogen (secondary N) is 2. The SMILES string of the molecule is CC(NC(=O)C1C=CC(N)C1)c1ncc[nH]1. The smallest absolute Gasteiger partial charge is 0.227 e. The van der Waals surface area contributed by atoms with Crippen molar-refractivity contribution >= 4 is 5.91 Å². The van der Waals surface area contributed by atoms with Gasteiger partial charge in [0, 0.05) is 18.4 Å². The maximum atomic E-state index is 11.8. The average Bonchev–Trinajstić information content (AvgIpc) is 2.87. The van der Waals surface area contributed by atoms with Crippen LogP contribution in [0.25, 0.3) is 0 Å². The van der Waals surface area contributed by atoms with Crippen molar-refractivity contribution in [2.45, 2.75) is 25.4 Å². The van der Waals surface area contributed by atoms with Crippen molar-refractivity contribution in [1.29, 1.82) is 0 Å². The van der Waals surface area contributed by atoms with E-state index in [0.717, 1.165) is 5.82 Å². The molecule has 0 saturated carbocycles. The lowest BCUT2D eigenvalue weighted by Crippen LogP contribution is -2.33. The second kappa shape index (κ2) is 4.49. The highest BCUT2D eigenvalue weighted by atomic mass is 16.1. The van der Waals surface area contributed by atoms with Gasteiger partial charge in [-0.2, -0.15) is 0 Å². The second-order valence-electron chi connectivity index (χ2n) is 4.10. The van der Waals surface area contributed by atoms with E-state index in [2.05, 4.69) is 15.3 Å². The van der Waals surface area contributed by atoms with Gasteiger partial charge in [-0.3, -0.25) is 4.79 Å². The molecule has 0 bridgehead atoms. The maximum absolute atomic E-state index is 11.8. The van der Waals surface area contributed by atoms with Gasteiger partial charge in [0.05, 0.1) is 12.0 Å². The molecule has 1 aromatic rings. The molecule has 0 fully saturated rings. The lowest BCUT2D eigenvalue weighted by atomic mass is 10.1. The lowest BCUT2D eigenvalue weighted by molar-refractivity contribution is -0.124. The van der Waals surface area contributed by atoms with Crippen LogP contribution < -0.4 is 11.1 Å². The minimum absolute atomic E-state index is 0.00750. The van der Waals surface area contributed by atoms with Gasteiger partial charge in [-0.25, -0.2) is 4.98 Å². The van der Waals surface area contributed by atoms with Gasteiger partial charge in [-0.15, -0.1) is 0 Å². The van der Waals surface area contributed by atoms with E-state index in [1.54, 1.807) is 12.4 Å². The first kappa shape index (κ1) is 10.9. The van der Waals surface area contributed by atoms with Crippen molar-refractivity contribution in [2.24, 2.45) is 11.7 Å². The number of aromatic nitrogens is 2. The Labute approximate surface area is 94.1 Å². The number of nitrogens with two attached hydrogens (primary N) is 1. The molecule has 1 aromatic heterocycles. The molecular formula is C11H16N4O. The second-order valence-corrected chi connectivity index (χ2v) is 4.10. The summed E-state index contributed by atoms with van der Waals surface area (Å²) in [5, 5.41) is 2.91. The number of rotatable bonds is 3. The quantitative estimate of drug-likeness (QED) is 0.648. The van der Waals surface area contributed by atoms with Gasteiger partial charge in [0.25, 0.3) is 0 Å². The van der Waals surface area contributed by atoms with Crippen molar-refractivity contribution in [3.05, 3.63) is 30.4 Å². The Bertz CT molecular complexity index is 385. The van der Waals surface area contributed by atoms with Gasteiger partial charge in [-0.05, 0) is 13.3 Å². The predicted octanol–water partition coefficient (Wildman–Crippen LogP) is 0.490. The monoisotopic (exact) mass is 220 g/mol. The summed E-state index contributed by atoms with van der Waals surface area (Å²) in [5.74, 6) is 0.667. The molecule has 3 unspecified atom stereocenters. The molecule has 0 saturated heterocycles. The highest BCUT2D eigenvalue weighted by molar-refractivity contribution is 5.81. The normalized spacial score (nSPS) is 25.6. The Morgan fingerprint density at radius 1 is 1.69 bits per heavy atom. The van der Waals surface area contributed by atoms with Gasteiger partial charge in [0.1, 0.15) is 5.82 Å². The van der Waals surface area contributed by atoms with Gasteiger partial charge >= 0.3 is 0 Å². The number of carbonyl (C=O) groups is 1. The van der Waals surface area contributed by atoms with Crippen LogP contribution in [0.4, 0.5) is 0 Å². The lowest BCUT2D eigenvalue weighted by Gasteiger charge is -2.14. The molecule has 1 aliphatic carbocycles. The maximum Gasteiger partial charge on any atom is 0.227 e. The van der Waals surface area contributed by atoms with Crippen molar-refractivity contribution in [3.63, 3.8) is 0 Å². The summed E-state index contributed by atoms with van der Waals surface area (Å²) in [6.07, 6.45) is 7.85. The summed E-state index contributed by atoms with van der Waals surface area (Å²) in [5.41, 5.74) is 5.70. The summed E-state index contributed by atoms with van der Waals surface area (Å²) in [6.45, 7) is 1.90. The summed E-state index contributed by atoms with van der Waals surface area (Å²) in [7, 11) is 0. The number of H-pyrrole nitrogens is 1. The number of amides is 1. The molecule has 0 aromatic carbocycles. The topological polar surface area (TPSA) is 83.8 Å². The van der Waals surface area contributed by atoms with Gasteiger partial charge in [0.2, 0.25) is 5.91 Å². The van der Waals surface area contributed by atoms with E-state index < -0.39 is 0 Å². The van der Waals surface area contributed by atoms with E-state index in [1.165, 1.54) is 0 Å². The van der Waals surface area contributed by atoms with E-state index in [0.29, 0.717) is 6.42 Å². The molecule has 0 spiro atoms. The van der Waals surface area contributed by atoms with Crippen LogP contribution in [0.5, 0.6) is 0 Å². The first-order valence-electron chi connectivity index (χ1n) is 5.40. The predicted molar refractivity (Wildman–Crippen MR) is 60.4 cm³/mol. The molecule has 3 atom stereocenters. The molecule has 0 aliphatic heterocycles. The Hall–Kier alpha value is -1.62. The standard InChI is InChI=1S/C11H16N4O/c1-7(10-13-4-5-14-10)15-11(16)8-2-3-9(12)6-8/h2-5,7-9H,6,12H2,1H3,(H,13,14)(H,15,16). The molecule has 4 N–H and O–H groups in total. The minimum Gasteiger partial charge on any atom is -0.347 e. The summed E-state index contributed by atoms with van der Waals surface area (Å²) in [6, 6.07) is -0.0950. The number of nitrogens with zero attached hydrogens (tertiary/aromatic N) is 1. The average molecular weight is 220 g/mol. The van der Waals surface area contributed by atoms with Crippen molar-refractivity contribution in [2.75, 3.05) is 0 Å². The van der Waals surface area contributed by atoms with Crippen LogP contribution in [0.15, 0.2) is 24.5 Å². The molecule has 2 rings (SSSR count). The largest absolute Gasteiger partial charge is 0.347 e. The van der Waals surface area contributed by atoms with Gasteiger partial charge in [0.15, 0.2) is 0 Å². The van der Waals surface area contributed by atoms with E-state index in [-0.39, 0.29) is 23.9 Å². The fraction of sp³-hybridized carbons (Fsp3) is 0.455. The summed E-state index contributed by atoms with van der Waals surface area (Å²) in [4.78, 5) is 18.9. The van der Waals surface area contributed by atoms with Crippen LogP contribution >= 0.6 is 0 Å².